The predicted molar refractivity (Wildman–Crippen MR) is 139 cm³/mol. The molecule has 0 aliphatic heterocycles. The number of allylic oxidation sites excluding steroid dienone is 2. The molecule has 0 saturated heterocycles. The smallest absolute Gasteiger partial charge is 0.0276 e. The molecule has 3 aromatic carbocycles. The summed E-state index contributed by atoms with van der Waals surface area (Å²) in [5, 5.41) is 2.86. The molecule has 0 heterocycles. The van der Waals surface area contributed by atoms with Gasteiger partial charge in [0.15, 0.2) is 0 Å². The van der Waals surface area contributed by atoms with Gasteiger partial charge in [-0.15, -0.1) is 0 Å². The highest BCUT2D eigenvalue weighted by atomic mass is 14.4. The van der Waals surface area contributed by atoms with Crippen LogP contribution in [0, 0.1) is 0 Å². The van der Waals surface area contributed by atoms with Gasteiger partial charge in [0, 0.05) is 11.8 Å². The van der Waals surface area contributed by atoms with Gasteiger partial charge in [0.05, 0.1) is 0 Å². The Balaban J connectivity index is 1.91. The van der Waals surface area contributed by atoms with Crippen LogP contribution >= 0.6 is 0 Å². The van der Waals surface area contributed by atoms with Crippen molar-refractivity contribution >= 4 is 10.8 Å². The molecule has 32 heavy (non-hydrogen) atoms. The summed E-state index contributed by atoms with van der Waals surface area (Å²) in [5.41, 5.74) is 10.8. The van der Waals surface area contributed by atoms with Crippen LogP contribution in [0.1, 0.15) is 113 Å². The summed E-state index contributed by atoms with van der Waals surface area (Å²) < 4.78 is 0. The minimum atomic E-state index is 0.0673. The van der Waals surface area contributed by atoms with E-state index in [2.05, 4.69) is 117 Å². The van der Waals surface area contributed by atoms with Gasteiger partial charge >= 0.3 is 0 Å². The quantitative estimate of drug-likeness (QED) is 0.317. The molecule has 0 heteroatoms. The third-order valence-electron chi connectivity index (χ3n) is 7.48. The molecule has 0 nitrogen and oxygen atoms in total. The molecule has 0 amide bonds. The maximum Gasteiger partial charge on any atom is 0.0276 e. The third kappa shape index (κ3) is 3.10. The average Bonchev–Trinajstić information content (AvgIpc) is 2.69. The van der Waals surface area contributed by atoms with Gasteiger partial charge in [0.1, 0.15) is 0 Å². The Bertz CT molecular complexity index is 1260. The van der Waals surface area contributed by atoms with Crippen molar-refractivity contribution in [2.24, 2.45) is 0 Å². The molecule has 0 fully saturated rings. The molecule has 0 unspecified atom stereocenters. The second-order valence-electron chi connectivity index (χ2n) is 13.1. The topological polar surface area (TPSA) is 0 Å². The molecule has 2 atom stereocenters. The Morgan fingerprint density at radius 1 is 0.531 bits per heavy atom. The van der Waals surface area contributed by atoms with Crippen LogP contribution in [0.25, 0.3) is 10.8 Å². The van der Waals surface area contributed by atoms with Crippen molar-refractivity contribution in [3.8, 4) is 0 Å². The Morgan fingerprint density at radius 3 is 1.50 bits per heavy atom. The van der Waals surface area contributed by atoms with Gasteiger partial charge in [-0.1, -0.05) is 105 Å². The fraction of sp³-hybridized carbons (Fsp3) is 0.438. The maximum atomic E-state index is 2.56. The van der Waals surface area contributed by atoms with Crippen LogP contribution in [0.3, 0.4) is 0 Å². The van der Waals surface area contributed by atoms with Gasteiger partial charge in [0.2, 0.25) is 0 Å². The van der Waals surface area contributed by atoms with E-state index < -0.39 is 0 Å². The molecule has 3 aromatic rings. The van der Waals surface area contributed by atoms with E-state index in [0.29, 0.717) is 11.8 Å². The summed E-state index contributed by atoms with van der Waals surface area (Å²) in [6.45, 7) is 21.5. The van der Waals surface area contributed by atoms with E-state index in [9.17, 15) is 0 Å². The zero-order chi connectivity index (χ0) is 23.2. The number of hydrogen-bond donors (Lipinski definition) is 0. The second-order valence-corrected chi connectivity index (χ2v) is 13.1. The van der Waals surface area contributed by atoms with E-state index in [0.717, 1.165) is 0 Å². The first-order valence-corrected chi connectivity index (χ1v) is 12.2. The maximum absolute atomic E-state index is 2.56. The van der Waals surface area contributed by atoms with Gasteiger partial charge < -0.3 is 0 Å². The summed E-state index contributed by atoms with van der Waals surface area (Å²) in [6.07, 6.45) is 4.87. The summed E-state index contributed by atoms with van der Waals surface area (Å²) >= 11 is 0. The highest BCUT2D eigenvalue weighted by Gasteiger charge is 2.37. The number of rotatable bonds is 0. The Kier molecular flexibility index (Phi) is 4.43. The van der Waals surface area contributed by atoms with Gasteiger partial charge in [-0.2, -0.15) is 0 Å². The van der Waals surface area contributed by atoms with Crippen LogP contribution in [-0.4, -0.2) is 0 Å². The van der Waals surface area contributed by atoms with Crippen molar-refractivity contribution in [3.05, 3.63) is 93.6 Å². The van der Waals surface area contributed by atoms with Crippen molar-refractivity contribution in [1.82, 2.24) is 0 Å². The molecule has 0 radical (unpaired) electrons. The predicted octanol–water partition coefficient (Wildman–Crippen LogP) is 8.88. The van der Waals surface area contributed by atoms with E-state index in [4.69, 9.17) is 0 Å². The van der Waals surface area contributed by atoms with E-state index in [1.165, 1.54) is 44.2 Å². The molecule has 3 aliphatic carbocycles. The highest BCUT2D eigenvalue weighted by molar-refractivity contribution is 5.92. The molecule has 2 bridgehead atoms. The molecule has 0 N–H and O–H groups in total. The van der Waals surface area contributed by atoms with Crippen molar-refractivity contribution in [3.63, 3.8) is 0 Å². The third-order valence-corrected chi connectivity index (χ3v) is 7.48. The van der Waals surface area contributed by atoms with Crippen LogP contribution in [0.5, 0.6) is 0 Å². The minimum absolute atomic E-state index is 0.0673. The lowest BCUT2D eigenvalue weighted by Gasteiger charge is -2.40. The largest absolute Gasteiger partial charge is 0.0757 e. The van der Waals surface area contributed by atoms with Gasteiger partial charge in [-0.3, -0.25) is 0 Å². The van der Waals surface area contributed by atoms with Crippen LogP contribution in [-0.2, 0) is 16.2 Å². The number of hydrogen-bond acceptors (Lipinski definition) is 0. The fourth-order valence-electron chi connectivity index (χ4n) is 6.22. The first-order chi connectivity index (χ1) is 14.8. The van der Waals surface area contributed by atoms with Crippen molar-refractivity contribution in [2.45, 2.75) is 90.4 Å². The Morgan fingerprint density at radius 2 is 1.03 bits per heavy atom. The average molecular weight is 423 g/mol. The summed E-state index contributed by atoms with van der Waals surface area (Å²) in [6, 6.07) is 16.7. The lowest BCUT2D eigenvalue weighted by molar-refractivity contribution is 0.501. The number of benzene rings is 3. The van der Waals surface area contributed by atoms with E-state index in [1.54, 1.807) is 5.56 Å². The van der Waals surface area contributed by atoms with E-state index >= 15 is 0 Å². The molecular weight excluding hydrogens is 384 g/mol. The zero-order valence-electron chi connectivity index (χ0n) is 21.4. The van der Waals surface area contributed by atoms with Crippen LogP contribution < -0.4 is 0 Å². The van der Waals surface area contributed by atoms with Crippen molar-refractivity contribution in [2.75, 3.05) is 0 Å². The molecule has 3 aliphatic rings. The van der Waals surface area contributed by atoms with Gasteiger partial charge in [0.25, 0.3) is 0 Å². The van der Waals surface area contributed by atoms with Crippen LogP contribution in [0.2, 0.25) is 0 Å². The zero-order valence-corrected chi connectivity index (χ0v) is 21.4. The molecule has 0 saturated carbocycles. The SMILES string of the molecule is CC(C)(C)c1cc2cc3c(cc2c(C(C)(C)C)c1C(C)(C)C)[C@@H]1C=C[C@H]3c2ccccc21. The summed E-state index contributed by atoms with van der Waals surface area (Å²) in [4.78, 5) is 0. The summed E-state index contributed by atoms with van der Waals surface area (Å²) in [5.74, 6) is 0.762. The highest BCUT2D eigenvalue weighted by Crippen LogP contribution is 2.52. The van der Waals surface area contributed by atoms with Crippen molar-refractivity contribution in [1.29, 1.82) is 0 Å². The fourth-order valence-corrected chi connectivity index (χ4v) is 6.22. The standard InChI is InChI=1S/C32H38/c1-30(2,3)27-17-19-16-25-22-14-15-23(21-13-11-10-12-20(21)22)26(25)18-24(19)28(31(4,5)6)29(27)32(7,8)9/h10-18,22-23H,1-9H3/t22-,23+/m0/s1. The Labute approximate surface area is 194 Å². The van der Waals surface area contributed by atoms with Crippen molar-refractivity contribution < 1.29 is 0 Å². The Hall–Kier alpha value is -2.34. The first-order valence-electron chi connectivity index (χ1n) is 12.2. The lowest BCUT2D eigenvalue weighted by Crippen LogP contribution is -2.29. The summed E-state index contributed by atoms with van der Waals surface area (Å²) in [7, 11) is 0. The normalized spacial score (nSPS) is 19.9. The molecule has 0 spiro atoms. The van der Waals surface area contributed by atoms with E-state index in [-0.39, 0.29) is 16.2 Å². The van der Waals surface area contributed by atoms with E-state index in [1.807, 2.05) is 0 Å². The van der Waals surface area contributed by atoms with Crippen LogP contribution in [0.15, 0.2) is 54.6 Å². The van der Waals surface area contributed by atoms with Crippen LogP contribution in [0.4, 0.5) is 0 Å². The monoisotopic (exact) mass is 422 g/mol. The first kappa shape index (κ1) is 21.5. The molecule has 6 rings (SSSR count). The molecule has 0 aromatic heterocycles. The van der Waals surface area contributed by atoms with Gasteiger partial charge in [-0.25, -0.2) is 0 Å². The minimum Gasteiger partial charge on any atom is -0.0757 e. The second kappa shape index (κ2) is 6.60. The lowest BCUT2D eigenvalue weighted by atomic mass is 9.64. The molecule has 166 valence electrons. The molecular formula is C32H38. The number of fused-ring (bicyclic) bond motifs is 1. The van der Waals surface area contributed by atoms with Gasteiger partial charge in [-0.05, 0) is 78.1 Å².